The van der Waals surface area contributed by atoms with E-state index < -0.39 is 17.5 Å². The first kappa shape index (κ1) is 15.0. The maximum atomic E-state index is 13.6. The maximum absolute atomic E-state index is 13.6. The maximum Gasteiger partial charge on any atom is 0.196 e. The van der Waals surface area contributed by atoms with Crippen LogP contribution < -0.4 is 16.6 Å². The molecule has 0 aliphatic rings. The number of nitrogens with two attached hydrogens (primary N) is 1. The Kier molecular flexibility index (Phi) is 4.55. The molecule has 0 atom stereocenters. The molecule has 0 unspecified atom stereocenters. The Balaban J connectivity index is 2.34. The first-order chi connectivity index (χ1) is 10.0. The van der Waals surface area contributed by atoms with Crippen LogP contribution in [0.5, 0.6) is 0 Å². The van der Waals surface area contributed by atoms with E-state index in [-0.39, 0.29) is 29.8 Å². The standard InChI is InChI=1S/C12H12F3N5O/c1-21-5-10-18-8(4-9(19-10)20-16)17-7-3-2-6(13)11(14)12(7)15/h2-4H,5,16H2,1H3,(H2,17,18,19,20). The van der Waals surface area contributed by atoms with Crippen molar-refractivity contribution in [3.8, 4) is 0 Å². The average Bonchev–Trinajstić information content (AvgIpc) is 2.48. The molecule has 6 nitrogen and oxygen atoms in total. The molecule has 2 aromatic rings. The zero-order valence-corrected chi connectivity index (χ0v) is 11.0. The van der Waals surface area contributed by atoms with Crippen LogP contribution in [-0.2, 0) is 11.3 Å². The number of halogens is 3. The van der Waals surface area contributed by atoms with Crippen molar-refractivity contribution in [2.24, 2.45) is 5.84 Å². The fraction of sp³-hybridized carbons (Fsp3) is 0.167. The Hall–Kier alpha value is -2.39. The van der Waals surface area contributed by atoms with Gasteiger partial charge in [-0.15, -0.1) is 0 Å². The van der Waals surface area contributed by atoms with Gasteiger partial charge in [-0.3, -0.25) is 0 Å². The van der Waals surface area contributed by atoms with Crippen molar-refractivity contribution in [3.05, 3.63) is 41.5 Å². The number of aromatic nitrogens is 2. The Morgan fingerprint density at radius 2 is 1.86 bits per heavy atom. The number of nitrogens with one attached hydrogen (secondary N) is 2. The first-order valence-electron chi connectivity index (χ1n) is 5.79. The molecule has 9 heteroatoms. The topological polar surface area (TPSA) is 85.1 Å². The summed E-state index contributed by atoms with van der Waals surface area (Å²) in [5, 5.41) is 2.53. The number of benzene rings is 1. The third-order valence-corrected chi connectivity index (χ3v) is 2.49. The average molecular weight is 299 g/mol. The molecule has 0 aliphatic carbocycles. The van der Waals surface area contributed by atoms with E-state index in [2.05, 4.69) is 20.7 Å². The summed E-state index contributed by atoms with van der Waals surface area (Å²) in [6.07, 6.45) is 0. The van der Waals surface area contributed by atoms with Gasteiger partial charge in [0.2, 0.25) is 0 Å². The Morgan fingerprint density at radius 1 is 1.14 bits per heavy atom. The summed E-state index contributed by atoms with van der Waals surface area (Å²) in [4.78, 5) is 8.03. The van der Waals surface area contributed by atoms with Gasteiger partial charge >= 0.3 is 0 Å². The van der Waals surface area contributed by atoms with Crippen LogP contribution in [-0.4, -0.2) is 17.1 Å². The largest absolute Gasteiger partial charge is 0.377 e. The van der Waals surface area contributed by atoms with E-state index in [1.807, 2.05) is 0 Å². The van der Waals surface area contributed by atoms with Crippen LogP contribution in [0.3, 0.4) is 0 Å². The lowest BCUT2D eigenvalue weighted by atomic mass is 10.2. The molecule has 1 aromatic heterocycles. The number of ether oxygens (including phenoxy) is 1. The van der Waals surface area contributed by atoms with E-state index in [0.717, 1.165) is 12.1 Å². The van der Waals surface area contributed by atoms with E-state index in [1.165, 1.54) is 13.2 Å². The zero-order chi connectivity index (χ0) is 15.4. The van der Waals surface area contributed by atoms with Gasteiger partial charge < -0.3 is 15.5 Å². The van der Waals surface area contributed by atoms with Gasteiger partial charge in [0.25, 0.3) is 0 Å². The first-order valence-corrected chi connectivity index (χ1v) is 5.79. The smallest absolute Gasteiger partial charge is 0.196 e. The molecular weight excluding hydrogens is 287 g/mol. The van der Waals surface area contributed by atoms with Crippen molar-refractivity contribution in [2.45, 2.75) is 6.61 Å². The van der Waals surface area contributed by atoms with Crippen molar-refractivity contribution in [1.29, 1.82) is 0 Å². The molecule has 1 aromatic carbocycles. The molecule has 4 N–H and O–H groups in total. The van der Waals surface area contributed by atoms with Crippen LogP contribution in [0.15, 0.2) is 18.2 Å². The second kappa shape index (κ2) is 6.37. The van der Waals surface area contributed by atoms with Crippen LogP contribution in [0.4, 0.5) is 30.5 Å². The number of hydrogen-bond acceptors (Lipinski definition) is 6. The molecule has 0 saturated heterocycles. The van der Waals surface area contributed by atoms with E-state index in [4.69, 9.17) is 10.6 Å². The second-order valence-electron chi connectivity index (χ2n) is 3.98. The van der Waals surface area contributed by atoms with Gasteiger partial charge in [0.05, 0.1) is 5.69 Å². The van der Waals surface area contributed by atoms with Gasteiger partial charge in [-0.05, 0) is 12.1 Å². The summed E-state index contributed by atoms with van der Waals surface area (Å²) in [7, 11) is 1.45. The summed E-state index contributed by atoms with van der Waals surface area (Å²) in [5.41, 5.74) is 2.05. The van der Waals surface area contributed by atoms with Crippen LogP contribution in [0.25, 0.3) is 0 Å². The number of nitrogens with zero attached hydrogens (tertiary/aromatic N) is 2. The second-order valence-corrected chi connectivity index (χ2v) is 3.98. The van der Waals surface area contributed by atoms with Crippen molar-refractivity contribution in [3.63, 3.8) is 0 Å². The molecule has 0 bridgehead atoms. The Labute approximate surface area is 118 Å². The molecule has 0 saturated carbocycles. The summed E-state index contributed by atoms with van der Waals surface area (Å²) in [5.74, 6) is 1.75. The molecule has 21 heavy (non-hydrogen) atoms. The quantitative estimate of drug-likeness (QED) is 0.445. The lowest BCUT2D eigenvalue weighted by molar-refractivity contribution is 0.178. The van der Waals surface area contributed by atoms with Crippen molar-refractivity contribution in [1.82, 2.24) is 9.97 Å². The number of hydrazine groups is 1. The van der Waals surface area contributed by atoms with Gasteiger partial charge in [0.1, 0.15) is 18.2 Å². The van der Waals surface area contributed by atoms with Gasteiger partial charge in [-0.2, -0.15) is 0 Å². The fourth-order valence-corrected chi connectivity index (χ4v) is 1.59. The molecule has 0 aliphatic heterocycles. The predicted octanol–water partition coefficient (Wildman–Crippen LogP) is 2.07. The predicted molar refractivity (Wildman–Crippen MR) is 70.2 cm³/mol. The normalized spacial score (nSPS) is 10.5. The summed E-state index contributed by atoms with van der Waals surface area (Å²) in [6, 6.07) is 3.24. The SMILES string of the molecule is COCc1nc(NN)cc(Nc2ccc(F)c(F)c2F)n1. The highest BCUT2D eigenvalue weighted by Crippen LogP contribution is 2.23. The molecule has 0 radical (unpaired) electrons. The number of methoxy groups -OCH3 is 1. The minimum atomic E-state index is -1.57. The molecule has 0 amide bonds. The fourth-order valence-electron chi connectivity index (χ4n) is 1.59. The van der Waals surface area contributed by atoms with Crippen molar-refractivity contribution < 1.29 is 17.9 Å². The van der Waals surface area contributed by atoms with Crippen LogP contribution in [0, 0.1) is 17.5 Å². The van der Waals surface area contributed by atoms with Gasteiger partial charge in [-0.1, -0.05) is 0 Å². The molecule has 0 spiro atoms. The minimum absolute atomic E-state index is 0.102. The molecule has 0 fully saturated rings. The highest BCUT2D eigenvalue weighted by molar-refractivity contribution is 5.59. The summed E-state index contributed by atoms with van der Waals surface area (Å²) >= 11 is 0. The molecular formula is C12H12F3N5O. The summed E-state index contributed by atoms with van der Waals surface area (Å²) in [6.45, 7) is 0.102. The highest BCUT2D eigenvalue weighted by Gasteiger charge is 2.14. The van der Waals surface area contributed by atoms with Crippen LogP contribution in [0.2, 0.25) is 0 Å². The Morgan fingerprint density at radius 3 is 2.52 bits per heavy atom. The van der Waals surface area contributed by atoms with Gasteiger partial charge in [-0.25, -0.2) is 29.0 Å². The third kappa shape index (κ3) is 3.38. The molecule has 2 rings (SSSR count). The van der Waals surface area contributed by atoms with E-state index in [0.29, 0.717) is 0 Å². The number of hydrogen-bond donors (Lipinski definition) is 3. The number of anilines is 3. The lowest BCUT2D eigenvalue weighted by Crippen LogP contribution is -2.12. The zero-order valence-electron chi connectivity index (χ0n) is 11.0. The third-order valence-electron chi connectivity index (χ3n) is 2.49. The van der Waals surface area contributed by atoms with E-state index in [9.17, 15) is 13.2 Å². The molecule has 112 valence electrons. The monoisotopic (exact) mass is 299 g/mol. The Bertz CT molecular complexity index is 653. The van der Waals surface area contributed by atoms with E-state index >= 15 is 0 Å². The van der Waals surface area contributed by atoms with Crippen LogP contribution in [0.1, 0.15) is 5.82 Å². The van der Waals surface area contributed by atoms with E-state index in [1.54, 1.807) is 0 Å². The van der Waals surface area contributed by atoms with Gasteiger partial charge in [0.15, 0.2) is 23.3 Å². The molecule has 1 heterocycles. The van der Waals surface area contributed by atoms with Gasteiger partial charge in [0, 0.05) is 13.2 Å². The van der Waals surface area contributed by atoms with Crippen molar-refractivity contribution in [2.75, 3.05) is 17.9 Å². The lowest BCUT2D eigenvalue weighted by Gasteiger charge is -2.10. The van der Waals surface area contributed by atoms with Crippen molar-refractivity contribution >= 4 is 17.3 Å². The minimum Gasteiger partial charge on any atom is -0.377 e. The number of rotatable bonds is 5. The number of nitrogen functional groups attached to an aromatic ring is 1. The summed E-state index contributed by atoms with van der Waals surface area (Å²) < 4.78 is 44.5. The van der Waals surface area contributed by atoms with Crippen LogP contribution >= 0.6 is 0 Å². The highest BCUT2D eigenvalue weighted by atomic mass is 19.2.